The summed E-state index contributed by atoms with van der Waals surface area (Å²) in [4.78, 5) is 10.7. The van der Waals surface area contributed by atoms with Crippen LogP contribution in [0.25, 0.3) is 76.9 Å². The van der Waals surface area contributed by atoms with E-state index in [1.165, 1.54) is 21.5 Å². The summed E-state index contributed by atoms with van der Waals surface area (Å²) in [7, 11) is 0. The van der Waals surface area contributed by atoms with Crippen molar-refractivity contribution in [3.05, 3.63) is 217 Å². The van der Waals surface area contributed by atoms with E-state index >= 15 is 0 Å². The molecule has 0 saturated heterocycles. The normalized spacial score (nSPS) is 14.1. The molecule has 0 amide bonds. The van der Waals surface area contributed by atoms with E-state index in [0.717, 1.165) is 77.8 Å². The molecule has 0 fully saturated rings. The highest BCUT2D eigenvalue weighted by molar-refractivity contribution is 6.22. The van der Waals surface area contributed by atoms with Gasteiger partial charge in [0.25, 0.3) is 0 Å². The van der Waals surface area contributed by atoms with Gasteiger partial charge in [-0.05, 0) is 96.9 Å². The van der Waals surface area contributed by atoms with E-state index in [1.54, 1.807) is 0 Å². The third-order valence-corrected chi connectivity index (χ3v) is 11.1. The third kappa shape index (κ3) is 5.96. The van der Waals surface area contributed by atoms with Crippen LogP contribution in [0.15, 0.2) is 215 Å². The van der Waals surface area contributed by atoms with E-state index in [0.29, 0.717) is 5.84 Å². The van der Waals surface area contributed by atoms with Crippen LogP contribution >= 0.6 is 0 Å². The van der Waals surface area contributed by atoms with Gasteiger partial charge in [0.1, 0.15) is 23.2 Å². The number of nitrogens with zero attached hydrogens (tertiary/aromatic N) is 2. The van der Waals surface area contributed by atoms with Gasteiger partial charge in [0.05, 0.1) is 0 Å². The molecule has 1 unspecified atom stereocenters. The van der Waals surface area contributed by atoms with Crippen molar-refractivity contribution in [3.63, 3.8) is 0 Å². The Hall–Kier alpha value is -7.56. The van der Waals surface area contributed by atoms with Crippen molar-refractivity contribution in [2.75, 3.05) is 0 Å². The van der Waals surface area contributed by atoms with Crippen LogP contribution < -0.4 is 5.32 Å². The summed E-state index contributed by atoms with van der Waals surface area (Å²) >= 11 is 0. The lowest BCUT2D eigenvalue weighted by atomic mass is 9.91. The van der Waals surface area contributed by atoms with Crippen LogP contribution in [-0.2, 0) is 0 Å². The number of benzene rings is 9. The molecule has 2 heterocycles. The van der Waals surface area contributed by atoms with Gasteiger partial charge in [0.15, 0.2) is 5.84 Å². The second-order valence-corrected chi connectivity index (χ2v) is 14.6. The molecule has 4 heteroatoms. The smallest absolute Gasteiger partial charge is 0.160 e. The fourth-order valence-corrected chi connectivity index (χ4v) is 8.24. The van der Waals surface area contributed by atoms with Crippen molar-refractivity contribution in [2.24, 2.45) is 9.98 Å². The summed E-state index contributed by atoms with van der Waals surface area (Å²) < 4.78 is 6.50. The fraction of sp³-hybridized carbons (Fsp3) is 0.0189. The molecule has 0 radical (unpaired) electrons. The molecule has 0 spiro atoms. The highest BCUT2D eigenvalue weighted by Crippen LogP contribution is 2.38. The second-order valence-electron chi connectivity index (χ2n) is 14.6. The van der Waals surface area contributed by atoms with Crippen molar-refractivity contribution in [1.29, 1.82) is 0 Å². The Morgan fingerprint density at radius 1 is 0.404 bits per heavy atom. The highest BCUT2D eigenvalue weighted by Gasteiger charge is 2.24. The Morgan fingerprint density at radius 3 is 1.81 bits per heavy atom. The van der Waals surface area contributed by atoms with Gasteiger partial charge in [-0.1, -0.05) is 164 Å². The maximum absolute atomic E-state index is 6.50. The van der Waals surface area contributed by atoms with Crippen LogP contribution in [0.2, 0.25) is 0 Å². The van der Waals surface area contributed by atoms with E-state index in [-0.39, 0.29) is 6.17 Å². The Kier molecular flexibility index (Phi) is 7.85. The molecule has 4 nitrogen and oxygen atoms in total. The largest absolute Gasteiger partial charge is 0.456 e. The molecule has 1 atom stereocenters. The Bertz CT molecular complexity index is 3210. The van der Waals surface area contributed by atoms with Crippen molar-refractivity contribution in [1.82, 2.24) is 5.32 Å². The minimum atomic E-state index is -0.354. The zero-order valence-electron chi connectivity index (χ0n) is 30.9. The van der Waals surface area contributed by atoms with E-state index in [1.807, 2.05) is 18.2 Å². The highest BCUT2D eigenvalue weighted by atomic mass is 16.3. The van der Waals surface area contributed by atoms with E-state index in [2.05, 4.69) is 187 Å². The number of aliphatic imine (C=N–C) groups is 2. The summed E-state index contributed by atoms with van der Waals surface area (Å²) in [6, 6.07) is 70.7. The van der Waals surface area contributed by atoms with Crippen LogP contribution in [0.4, 0.5) is 0 Å². The number of furan rings is 1. The van der Waals surface area contributed by atoms with Gasteiger partial charge in [-0.25, -0.2) is 9.98 Å². The molecule has 0 saturated carbocycles. The monoisotopic (exact) mass is 729 g/mol. The lowest BCUT2D eigenvalue weighted by Gasteiger charge is -2.24. The molecule has 1 aliphatic heterocycles. The maximum atomic E-state index is 6.50. The number of fused-ring (bicyclic) bond motifs is 5. The third-order valence-electron chi connectivity index (χ3n) is 11.1. The summed E-state index contributed by atoms with van der Waals surface area (Å²) in [5, 5.41) is 10.6. The van der Waals surface area contributed by atoms with Crippen LogP contribution in [0.5, 0.6) is 0 Å². The van der Waals surface area contributed by atoms with Crippen LogP contribution in [0.3, 0.4) is 0 Å². The first-order valence-corrected chi connectivity index (χ1v) is 19.3. The molecule has 1 aromatic heterocycles. The number of amidine groups is 2. The topological polar surface area (TPSA) is 49.9 Å². The quantitative estimate of drug-likeness (QED) is 0.185. The van der Waals surface area contributed by atoms with Gasteiger partial charge in [-0.15, -0.1) is 0 Å². The SMILES string of the molecule is c1ccc(-c2ccc(C3=NC(c4cccc5oc6ccc(-c7ccc8ccccc8c7)cc6c45)=NC(c4ccccc4)N3)cc2-c2ccc3ccccc3c2)cc1. The molecular weight excluding hydrogens is 695 g/mol. The average Bonchev–Trinajstić information content (AvgIpc) is 3.67. The first kappa shape index (κ1) is 32.8. The van der Waals surface area contributed by atoms with E-state index in [9.17, 15) is 0 Å². The van der Waals surface area contributed by atoms with Crippen LogP contribution in [-0.4, -0.2) is 11.7 Å². The zero-order valence-corrected chi connectivity index (χ0v) is 30.9. The standard InChI is InChI=1S/C53H35N3O/c1-3-14-36(15-4-1)44-28-26-43(33-46(44)42-25-23-35-13-8-10-19-39(35)31-42)52-54-51(37-16-5-2-6-17-37)55-53(56-52)45-20-11-21-49-50(45)47-32-41(27-29-48(47)57-49)40-24-22-34-12-7-9-18-38(34)30-40/h1-33,51H,(H,54,55,56). The van der Waals surface area contributed by atoms with Gasteiger partial charge in [-0.3, -0.25) is 0 Å². The molecule has 11 rings (SSSR count). The van der Waals surface area contributed by atoms with E-state index < -0.39 is 0 Å². The van der Waals surface area contributed by atoms with Crippen LogP contribution in [0, 0.1) is 0 Å². The molecular formula is C53H35N3O. The molecule has 57 heavy (non-hydrogen) atoms. The molecule has 1 aliphatic rings. The predicted octanol–water partition coefficient (Wildman–Crippen LogP) is 13.4. The minimum absolute atomic E-state index is 0.354. The van der Waals surface area contributed by atoms with Crippen molar-refractivity contribution in [3.8, 4) is 33.4 Å². The predicted molar refractivity (Wildman–Crippen MR) is 237 cm³/mol. The molecule has 1 N–H and O–H groups in total. The lowest BCUT2D eigenvalue weighted by Crippen LogP contribution is -2.33. The van der Waals surface area contributed by atoms with E-state index in [4.69, 9.17) is 14.4 Å². The molecule has 10 aromatic rings. The average molecular weight is 730 g/mol. The van der Waals surface area contributed by atoms with Gasteiger partial charge >= 0.3 is 0 Å². The zero-order chi connectivity index (χ0) is 37.7. The lowest BCUT2D eigenvalue weighted by molar-refractivity contribution is 0.668. The van der Waals surface area contributed by atoms with Crippen molar-refractivity contribution >= 4 is 55.2 Å². The van der Waals surface area contributed by atoms with Crippen LogP contribution in [0.1, 0.15) is 22.9 Å². The second kappa shape index (κ2) is 13.6. The molecule has 0 aliphatic carbocycles. The van der Waals surface area contributed by atoms with Crippen molar-refractivity contribution < 1.29 is 4.42 Å². The number of hydrogen-bond donors (Lipinski definition) is 1. The van der Waals surface area contributed by atoms with Gasteiger partial charge in [-0.2, -0.15) is 0 Å². The first-order chi connectivity index (χ1) is 28.2. The minimum Gasteiger partial charge on any atom is -0.456 e. The Labute approximate surface area is 330 Å². The summed E-state index contributed by atoms with van der Waals surface area (Å²) in [5.74, 6) is 1.42. The summed E-state index contributed by atoms with van der Waals surface area (Å²) in [5.41, 5.74) is 11.5. The van der Waals surface area contributed by atoms with Gasteiger partial charge < -0.3 is 9.73 Å². The maximum Gasteiger partial charge on any atom is 0.160 e. The van der Waals surface area contributed by atoms with Crippen molar-refractivity contribution in [2.45, 2.75) is 6.17 Å². The summed E-state index contributed by atoms with van der Waals surface area (Å²) in [6.45, 7) is 0. The molecule has 9 aromatic carbocycles. The molecule has 268 valence electrons. The first-order valence-electron chi connectivity index (χ1n) is 19.3. The number of nitrogens with one attached hydrogen (secondary N) is 1. The molecule has 0 bridgehead atoms. The Balaban J connectivity index is 1.08. The number of hydrogen-bond acceptors (Lipinski definition) is 4. The fourth-order valence-electron chi connectivity index (χ4n) is 8.24. The van der Waals surface area contributed by atoms with Gasteiger partial charge in [0, 0.05) is 21.9 Å². The van der Waals surface area contributed by atoms with Gasteiger partial charge in [0.2, 0.25) is 0 Å². The number of rotatable bonds is 6. The Morgan fingerprint density at radius 2 is 1.04 bits per heavy atom. The summed E-state index contributed by atoms with van der Waals surface area (Å²) in [6.07, 6.45) is -0.354.